The van der Waals surface area contributed by atoms with Crippen molar-refractivity contribution in [2.45, 2.75) is 18.9 Å². The number of ether oxygens (including phenoxy) is 2. The van der Waals surface area contributed by atoms with Gasteiger partial charge in [0, 0.05) is 16.6 Å². The number of halogens is 1. The van der Waals surface area contributed by atoms with Crippen LogP contribution < -0.4 is 14.8 Å². The average Bonchev–Trinajstić information content (AvgIpc) is 3.00. The van der Waals surface area contributed by atoms with Crippen molar-refractivity contribution in [2.24, 2.45) is 0 Å². The Balaban J connectivity index is 1.68. The highest BCUT2D eigenvalue weighted by Crippen LogP contribution is 2.34. The number of hydrogen-bond acceptors (Lipinski definition) is 3. The van der Waals surface area contributed by atoms with Gasteiger partial charge in [-0.25, -0.2) is 4.39 Å². The Labute approximate surface area is 146 Å². The third-order valence-corrected chi connectivity index (χ3v) is 4.90. The van der Waals surface area contributed by atoms with E-state index in [1.165, 1.54) is 11.6 Å². The first-order valence-corrected chi connectivity index (χ1v) is 8.44. The number of aromatic nitrogens is 1. The van der Waals surface area contributed by atoms with Crippen molar-refractivity contribution < 1.29 is 13.9 Å². The zero-order valence-corrected chi connectivity index (χ0v) is 14.4. The molecule has 0 saturated heterocycles. The molecule has 1 aliphatic rings. The van der Waals surface area contributed by atoms with Crippen LogP contribution in [0.15, 0.2) is 36.4 Å². The van der Waals surface area contributed by atoms with Crippen LogP contribution in [0.3, 0.4) is 0 Å². The third kappa shape index (κ3) is 2.85. The minimum atomic E-state index is -0.190. The Bertz CT molecular complexity index is 919. The molecule has 0 unspecified atom stereocenters. The molecule has 130 valence electrons. The van der Waals surface area contributed by atoms with E-state index in [9.17, 15) is 4.39 Å². The minimum absolute atomic E-state index is 0.164. The lowest BCUT2D eigenvalue weighted by atomic mass is 9.94. The fraction of sp³-hybridized carbons (Fsp3) is 0.300. The van der Waals surface area contributed by atoms with Crippen LogP contribution in [0.25, 0.3) is 10.9 Å². The van der Waals surface area contributed by atoms with Crippen LogP contribution in [0.4, 0.5) is 4.39 Å². The number of hydrogen-bond donors (Lipinski definition) is 2. The highest BCUT2D eigenvalue weighted by molar-refractivity contribution is 5.85. The maximum Gasteiger partial charge on any atom is 0.160 e. The quantitative estimate of drug-likeness (QED) is 0.760. The third-order valence-electron chi connectivity index (χ3n) is 4.90. The molecule has 0 spiro atoms. The van der Waals surface area contributed by atoms with Gasteiger partial charge in [0.1, 0.15) is 5.82 Å². The van der Waals surface area contributed by atoms with Crippen LogP contribution in [-0.2, 0) is 12.8 Å². The second-order valence-electron chi connectivity index (χ2n) is 6.36. The first-order valence-electron chi connectivity index (χ1n) is 8.44. The second-order valence-corrected chi connectivity index (χ2v) is 6.36. The largest absolute Gasteiger partial charge is 0.493 e. The van der Waals surface area contributed by atoms with Crippen molar-refractivity contribution in [2.75, 3.05) is 20.8 Å². The zero-order valence-electron chi connectivity index (χ0n) is 14.4. The molecular weight excluding hydrogens is 319 g/mol. The van der Waals surface area contributed by atoms with Crippen molar-refractivity contribution in [3.63, 3.8) is 0 Å². The van der Waals surface area contributed by atoms with Crippen molar-refractivity contribution in [3.8, 4) is 11.5 Å². The van der Waals surface area contributed by atoms with Gasteiger partial charge in [0.25, 0.3) is 0 Å². The molecule has 2 N–H and O–H groups in total. The Morgan fingerprint density at radius 3 is 2.72 bits per heavy atom. The topological polar surface area (TPSA) is 46.3 Å². The van der Waals surface area contributed by atoms with Crippen LogP contribution in [0.2, 0.25) is 0 Å². The van der Waals surface area contributed by atoms with Gasteiger partial charge in [-0.3, -0.25) is 0 Å². The van der Waals surface area contributed by atoms with Gasteiger partial charge in [-0.1, -0.05) is 6.07 Å². The van der Waals surface area contributed by atoms with Gasteiger partial charge in [0.05, 0.1) is 20.3 Å². The summed E-state index contributed by atoms with van der Waals surface area (Å²) in [5.74, 6) is 1.27. The lowest BCUT2D eigenvalue weighted by Gasteiger charge is -2.25. The predicted octanol–water partition coefficient (Wildman–Crippen LogP) is 3.75. The van der Waals surface area contributed by atoms with Crippen molar-refractivity contribution in [1.82, 2.24) is 10.3 Å². The Morgan fingerprint density at radius 1 is 1.08 bits per heavy atom. The van der Waals surface area contributed by atoms with E-state index in [2.05, 4.69) is 16.4 Å². The molecule has 5 heteroatoms. The molecule has 4 rings (SSSR count). The van der Waals surface area contributed by atoms with E-state index >= 15 is 0 Å². The molecular formula is C20H21FN2O2. The first-order chi connectivity index (χ1) is 12.2. The molecule has 3 aromatic rings. The highest BCUT2D eigenvalue weighted by Gasteiger charge is 2.24. The number of rotatable bonds is 4. The number of benzene rings is 2. The Kier molecular flexibility index (Phi) is 4.09. The van der Waals surface area contributed by atoms with Crippen LogP contribution in [0, 0.1) is 5.82 Å². The summed E-state index contributed by atoms with van der Waals surface area (Å²) in [7, 11) is 3.28. The average molecular weight is 340 g/mol. The zero-order chi connectivity index (χ0) is 17.4. The van der Waals surface area contributed by atoms with E-state index in [1.54, 1.807) is 20.3 Å². The lowest BCUT2D eigenvalue weighted by Crippen LogP contribution is -2.31. The molecule has 2 aromatic carbocycles. The molecule has 0 aliphatic carbocycles. The first kappa shape index (κ1) is 16.0. The maximum atomic E-state index is 13.6. The molecule has 1 atom stereocenters. The summed E-state index contributed by atoms with van der Waals surface area (Å²) in [4.78, 5) is 3.48. The van der Waals surface area contributed by atoms with Crippen molar-refractivity contribution in [3.05, 3.63) is 59.0 Å². The number of fused-ring (bicyclic) bond motifs is 3. The number of aromatic amines is 1. The maximum absolute atomic E-state index is 13.6. The van der Waals surface area contributed by atoms with Crippen molar-refractivity contribution in [1.29, 1.82) is 0 Å². The summed E-state index contributed by atoms with van der Waals surface area (Å²) < 4.78 is 24.3. The molecule has 25 heavy (non-hydrogen) atoms. The van der Waals surface area contributed by atoms with Gasteiger partial charge < -0.3 is 19.8 Å². The van der Waals surface area contributed by atoms with Gasteiger partial charge >= 0.3 is 0 Å². The van der Waals surface area contributed by atoms with Crippen LogP contribution in [0.5, 0.6) is 11.5 Å². The van der Waals surface area contributed by atoms with Gasteiger partial charge in [-0.15, -0.1) is 0 Å². The highest BCUT2D eigenvalue weighted by atomic mass is 19.1. The van der Waals surface area contributed by atoms with Crippen LogP contribution >= 0.6 is 0 Å². The van der Waals surface area contributed by atoms with Crippen molar-refractivity contribution >= 4 is 10.9 Å². The van der Waals surface area contributed by atoms with E-state index in [0.29, 0.717) is 0 Å². The van der Waals surface area contributed by atoms with E-state index in [4.69, 9.17) is 9.47 Å². The molecule has 4 nitrogen and oxygen atoms in total. The summed E-state index contributed by atoms with van der Waals surface area (Å²) >= 11 is 0. The predicted molar refractivity (Wildman–Crippen MR) is 96.0 cm³/mol. The fourth-order valence-electron chi connectivity index (χ4n) is 3.70. The SMILES string of the molecule is COc1ccc(C[C@@H]2NCCc3c2[nH]c2ccc(F)cc32)cc1OC. The van der Waals surface area contributed by atoms with Gasteiger partial charge in [-0.05, 0) is 60.8 Å². The monoisotopic (exact) mass is 340 g/mol. The van der Waals surface area contributed by atoms with E-state index in [0.717, 1.165) is 53.0 Å². The summed E-state index contributed by atoms with van der Waals surface area (Å²) in [6.07, 6.45) is 1.73. The van der Waals surface area contributed by atoms with Crippen LogP contribution in [0.1, 0.15) is 22.9 Å². The van der Waals surface area contributed by atoms with Gasteiger partial charge in [0.15, 0.2) is 11.5 Å². The summed E-state index contributed by atoms with van der Waals surface area (Å²) in [6.45, 7) is 0.883. The molecule has 0 fully saturated rings. The molecule has 1 aromatic heterocycles. The van der Waals surface area contributed by atoms with E-state index < -0.39 is 0 Å². The number of H-pyrrole nitrogens is 1. The standard InChI is InChI=1S/C20H21FN2O2/c1-24-18-6-3-12(10-19(18)25-2)9-17-20-14(7-8-22-17)15-11-13(21)4-5-16(15)23-20/h3-6,10-11,17,22-23H,7-9H2,1-2H3/t17-/m0/s1. The number of methoxy groups -OCH3 is 2. The normalized spacial score (nSPS) is 16.7. The summed E-state index contributed by atoms with van der Waals surface area (Å²) in [5.41, 5.74) is 4.53. The molecule has 0 radical (unpaired) electrons. The van der Waals surface area contributed by atoms with Crippen LogP contribution in [-0.4, -0.2) is 25.7 Å². The molecule has 0 amide bonds. The molecule has 2 heterocycles. The van der Waals surface area contributed by atoms with Gasteiger partial charge in [-0.2, -0.15) is 0 Å². The smallest absolute Gasteiger partial charge is 0.160 e. The lowest BCUT2D eigenvalue weighted by molar-refractivity contribution is 0.354. The number of nitrogens with one attached hydrogen (secondary N) is 2. The Hall–Kier alpha value is -2.53. The molecule has 0 bridgehead atoms. The summed E-state index contributed by atoms with van der Waals surface area (Å²) in [6, 6.07) is 11.1. The molecule has 0 saturated carbocycles. The van der Waals surface area contributed by atoms with Gasteiger partial charge in [0.2, 0.25) is 0 Å². The van der Waals surface area contributed by atoms with E-state index in [-0.39, 0.29) is 11.9 Å². The fourth-order valence-corrected chi connectivity index (χ4v) is 3.70. The minimum Gasteiger partial charge on any atom is -0.493 e. The van der Waals surface area contributed by atoms with E-state index in [1.807, 2.05) is 18.2 Å². The second kappa shape index (κ2) is 6.41. The summed E-state index contributed by atoms with van der Waals surface area (Å²) in [5, 5.41) is 4.56. The molecule has 1 aliphatic heterocycles. The Morgan fingerprint density at radius 2 is 1.92 bits per heavy atom.